The second-order valence-corrected chi connectivity index (χ2v) is 5.91. The van der Waals surface area contributed by atoms with Crippen LogP contribution >= 0.6 is 0 Å². The Kier molecular flexibility index (Phi) is 7.61. The summed E-state index contributed by atoms with van der Waals surface area (Å²) in [6.07, 6.45) is 2.37. The third kappa shape index (κ3) is 6.40. The third-order valence-corrected chi connectivity index (χ3v) is 3.32. The number of aromatic nitrogens is 1. The molecule has 0 aliphatic rings. The van der Waals surface area contributed by atoms with Crippen molar-refractivity contribution < 1.29 is 4.39 Å². The molecular weight excluding hydrogens is 267 g/mol. The highest BCUT2D eigenvalue weighted by molar-refractivity contribution is 5.46. The molecule has 1 N–H and O–H groups in total. The molecule has 1 heterocycles. The van der Waals surface area contributed by atoms with Crippen molar-refractivity contribution in [2.24, 2.45) is 0 Å². The fourth-order valence-corrected chi connectivity index (χ4v) is 2.19. The van der Waals surface area contributed by atoms with E-state index in [-0.39, 0.29) is 5.82 Å². The van der Waals surface area contributed by atoms with Gasteiger partial charge >= 0.3 is 0 Å². The second-order valence-electron chi connectivity index (χ2n) is 5.91. The molecule has 1 aromatic heterocycles. The molecule has 1 aromatic rings. The monoisotopic (exact) mass is 296 g/mol. The summed E-state index contributed by atoms with van der Waals surface area (Å²) >= 11 is 0. The van der Waals surface area contributed by atoms with Gasteiger partial charge in [-0.05, 0) is 40.1 Å². The Morgan fingerprint density at radius 1 is 1.29 bits per heavy atom. The molecule has 0 aliphatic carbocycles. The molecule has 0 spiro atoms. The molecule has 0 saturated carbocycles. The van der Waals surface area contributed by atoms with E-state index in [1.165, 1.54) is 6.20 Å². The van der Waals surface area contributed by atoms with E-state index < -0.39 is 0 Å². The van der Waals surface area contributed by atoms with Crippen molar-refractivity contribution in [3.8, 4) is 0 Å². The van der Waals surface area contributed by atoms with E-state index in [1.54, 1.807) is 6.07 Å². The topological polar surface area (TPSA) is 31.4 Å². The summed E-state index contributed by atoms with van der Waals surface area (Å²) in [5, 5.41) is 3.34. The van der Waals surface area contributed by atoms with Gasteiger partial charge in [0.2, 0.25) is 0 Å². The van der Waals surface area contributed by atoms with E-state index in [1.807, 2.05) is 0 Å². The Morgan fingerprint density at radius 2 is 2.00 bits per heavy atom. The van der Waals surface area contributed by atoms with Crippen LogP contribution in [0.2, 0.25) is 0 Å². The van der Waals surface area contributed by atoms with Gasteiger partial charge in [0, 0.05) is 31.2 Å². The van der Waals surface area contributed by atoms with Gasteiger partial charge in [0.05, 0.1) is 6.20 Å². The standard InChI is InChI=1S/C16H29FN4/c1-6-21(9-7-8-20(4)5)16-14(11-18-13(2)3)10-15(17)12-19-16/h10,12-13,18H,6-9,11H2,1-5H3. The summed E-state index contributed by atoms with van der Waals surface area (Å²) in [4.78, 5) is 8.72. The second kappa shape index (κ2) is 8.95. The van der Waals surface area contributed by atoms with Crippen LogP contribution < -0.4 is 10.2 Å². The van der Waals surface area contributed by atoms with Crippen LogP contribution in [0.4, 0.5) is 10.2 Å². The number of pyridine rings is 1. The average Bonchev–Trinajstić information content (AvgIpc) is 2.42. The van der Waals surface area contributed by atoms with Crippen LogP contribution in [0.15, 0.2) is 12.3 Å². The molecule has 0 fully saturated rings. The first-order valence-corrected chi connectivity index (χ1v) is 7.71. The molecule has 0 aromatic carbocycles. The zero-order valence-electron chi connectivity index (χ0n) is 14.0. The molecule has 120 valence electrons. The lowest BCUT2D eigenvalue weighted by Crippen LogP contribution is -2.30. The fourth-order valence-electron chi connectivity index (χ4n) is 2.19. The number of anilines is 1. The lowest BCUT2D eigenvalue weighted by atomic mass is 10.2. The first-order valence-electron chi connectivity index (χ1n) is 7.71. The van der Waals surface area contributed by atoms with Crippen LogP contribution in [-0.4, -0.2) is 49.7 Å². The number of hydrogen-bond acceptors (Lipinski definition) is 4. The van der Waals surface area contributed by atoms with Crippen LogP contribution in [0.1, 0.15) is 32.8 Å². The van der Waals surface area contributed by atoms with Crippen LogP contribution in [0, 0.1) is 5.82 Å². The maximum Gasteiger partial charge on any atom is 0.141 e. The summed E-state index contributed by atoms with van der Waals surface area (Å²) in [5.74, 6) is 0.620. The zero-order chi connectivity index (χ0) is 15.8. The molecule has 0 bridgehead atoms. The highest BCUT2D eigenvalue weighted by atomic mass is 19.1. The maximum atomic E-state index is 13.5. The van der Waals surface area contributed by atoms with Crippen molar-refractivity contribution in [2.75, 3.05) is 38.6 Å². The van der Waals surface area contributed by atoms with Crippen LogP contribution in [0.3, 0.4) is 0 Å². The van der Waals surface area contributed by atoms with Gasteiger partial charge in [-0.1, -0.05) is 13.8 Å². The van der Waals surface area contributed by atoms with Gasteiger partial charge < -0.3 is 15.1 Å². The minimum absolute atomic E-state index is 0.274. The quantitative estimate of drug-likeness (QED) is 0.759. The molecule has 0 atom stereocenters. The minimum Gasteiger partial charge on any atom is -0.357 e. The average molecular weight is 296 g/mol. The van der Waals surface area contributed by atoms with E-state index in [0.29, 0.717) is 12.6 Å². The van der Waals surface area contributed by atoms with Crippen molar-refractivity contribution in [1.29, 1.82) is 0 Å². The summed E-state index contributed by atoms with van der Waals surface area (Å²) in [6, 6.07) is 1.96. The van der Waals surface area contributed by atoms with Crippen molar-refractivity contribution >= 4 is 5.82 Å². The normalized spacial score (nSPS) is 11.4. The molecule has 5 heteroatoms. The first kappa shape index (κ1) is 17.9. The SMILES string of the molecule is CCN(CCCN(C)C)c1ncc(F)cc1CNC(C)C. The van der Waals surface area contributed by atoms with E-state index in [0.717, 1.165) is 37.4 Å². The maximum absolute atomic E-state index is 13.5. The van der Waals surface area contributed by atoms with Gasteiger partial charge in [-0.25, -0.2) is 9.37 Å². The molecule has 0 saturated heterocycles. The van der Waals surface area contributed by atoms with Gasteiger partial charge in [-0.2, -0.15) is 0 Å². The highest BCUT2D eigenvalue weighted by Crippen LogP contribution is 2.19. The van der Waals surface area contributed by atoms with Crippen LogP contribution in [0.25, 0.3) is 0 Å². The highest BCUT2D eigenvalue weighted by Gasteiger charge is 2.13. The number of hydrogen-bond donors (Lipinski definition) is 1. The van der Waals surface area contributed by atoms with Crippen molar-refractivity contribution in [3.63, 3.8) is 0 Å². The smallest absolute Gasteiger partial charge is 0.141 e. The van der Waals surface area contributed by atoms with E-state index >= 15 is 0 Å². The van der Waals surface area contributed by atoms with Gasteiger partial charge in [0.15, 0.2) is 0 Å². The van der Waals surface area contributed by atoms with Gasteiger partial charge in [0.25, 0.3) is 0 Å². The summed E-state index contributed by atoms with van der Waals surface area (Å²) in [5.41, 5.74) is 0.926. The Labute approximate surface area is 128 Å². The van der Waals surface area contributed by atoms with Crippen molar-refractivity contribution in [1.82, 2.24) is 15.2 Å². The van der Waals surface area contributed by atoms with Crippen molar-refractivity contribution in [3.05, 3.63) is 23.6 Å². The Balaban J connectivity index is 2.81. The van der Waals surface area contributed by atoms with E-state index in [2.05, 4.69) is 55.0 Å². The number of nitrogens with zero attached hydrogens (tertiary/aromatic N) is 3. The molecule has 0 radical (unpaired) electrons. The van der Waals surface area contributed by atoms with Crippen molar-refractivity contribution in [2.45, 2.75) is 39.8 Å². The van der Waals surface area contributed by atoms with E-state index in [9.17, 15) is 4.39 Å². The minimum atomic E-state index is -0.274. The zero-order valence-corrected chi connectivity index (χ0v) is 14.0. The number of rotatable bonds is 9. The van der Waals surface area contributed by atoms with Crippen LogP contribution in [-0.2, 0) is 6.54 Å². The molecular formula is C16H29FN4. The summed E-state index contributed by atoms with van der Waals surface area (Å²) in [7, 11) is 4.15. The van der Waals surface area contributed by atoms with Crippen LogP contribution in [0.5, 0.6) is 0 Å². The fraction of sp³-hybridized carbons (Fsp3) is 0.688. The first-order chi connectivity index (χ1) is 9.93. The molecule has 0 aliphatic heterocycles. The Hall–Kier alpha value is -1.20. The molecule has 0 amide bonds. The summed E-state index contributed by atoms with van der Waals surface area (Å²) < 4.78 is 13.5. The molecule has 0 unspecified atom stereocenters. The molecule has 21 heavy (non-hydrogen) atoms. The molecule has 4 nitrogen and oxygen atoms in total. The number of nitrogens with one attached hydrogen (secondary N) is 1. The lowest BCUT2D eigenvalue weighted by Gasteiger charge is -2.25. The van der Waals surface area contributed by atoms with Gasteiger partial charge in [0.1, 0.15) is 11.6 Å². The van der Waals surface area contributed by atoms with Gasteiger partial charge in [-0.15, -0.1) is 0 Å². The lowest BCUT2D eigenvalue weighted by molar-refractivity contribution is 0.400. The summed E-state index contributed by atoms with van der Waals surface area (Å²) in [6.45, 7) is 9.77. The Bertz CT molecular complexity index is 421. The van der Waals surface area contributed by atoms with Gasteiger partial charge in [-0.3, -0.25) is 0 Å². The predicted molar refractivity (Wildman–Crippen MR) is 87.2 cm³/mol. The third-order valence-electron chi connectivity index (χ3n) is 3.32. The predicted octanol–water partition coefficient (Wildman–Crippen LogP) is 2.50. The largest absolute Gasteiger partial charge is 0.357 e. The number of halogens is 1. The van der Waals surface area contributed by atoms with E-state index in [4.69, 9.17) is 0 Å². The molecule has 1 rings (SSSR count). The Morgan fingerprint density at radius 3 is 2.57 bits per heavy atom.